The first-order valence-electron chi connectivity index (χ1n) is 7.18. The van der Waals surface area contributed by atoms with E-state index < -0.39 is 0 Å². The summed E-state index contributed by atoms with van der Waals surface area (Å²) in [6.45, 7) is 5.62. The molecule has 110 valence electrons. The van der Waals surface area contributed by atoms with Crippen molar-refractivity contribution < 1.29 is 9.53 Å². The summed E-state index contributed by atoms with van der Waals surface area (Å²) in [6.07, 6.45) is 2.62. The number of ether oxygens (including phenoxy) is 1. The second-order valence-electron chi connectivity index (χ2n) is 5.36. The zero-order chi connectivity index (χ0) is 14.7. The average Bonchev–Trinajstić information content (AvgIpc) is 2.49. The van der Waals surface area contributed by atoms with Gasteiger partial charge in [-0.05, 0) is 42.9 Å². The summed E-state index contributed by atoms with van der Waals surface area (Å²) < 4.78 is 5.34. The number of piperidine rings is 1. The largest absolute Gasteiger partial charge is 0.495 e. The Kier molecular flexibility index (Phi) is 4.92. The fraction of sp³-hybridized carbons (Fsp3) is 0.562. The topological polar surface area (TPSA) is 29.5 Å². The summed E-state index contributed by atoms with van der Waals surface area (Å²) in [4.78, 5) is 13.7. The molecule has 1 amide bonds. The summed E-state index contributed by atoms with van der Waals surface area (Å²) >= 11 is 6.21. The Labute approximate surface area is 125 Å². The first-order valence-corrected chi connectivity index (χ1v) is 7.56. The van der Waals surface area contributed by atoms with E-state index in [9.17, 15) is 4.79 Å². The highest BCUT2D eigenvalue weighted by molar-refractivity contribution is 6.32. The Morgan fingerprint density at radius 2 is 2.05 bits per heavy atom. The second-order valence-corrected chi connectivity index (χ2v) is 5.74. The average molecular weight is 296 g/mol. The van der Waals surface area contributed by atoms with Crippen molar-refractivity contribution in [3.63, 3.8) is 0 Å². The van der Waals surface area contributed by atoms with Gasteiger partial charge in [0.15, 0.2) is 0 Å². The molecule has 3 nitrogen and oxygen atoms in total. The molecule has 0 aromatic heterocycles. The Hall–Kier alpha value is -1.22. The van der Waals surface area contributed by atoms with Crippen LogP contribution in [-0.2, 0) is 4.79 Å². The molecule has 0 spiro atoms. The van der Waals surface area contributed by atoms with E-state index in [2.05, 4.69) is 6.07 Å². The molecule has 0 aliphatic carbocycles. The lowest BCUT2D eigenvalue weighted by atomic mass is 9.88. The summed E-state index contributed by atoms with van der Waals surface area (Å²) in [5.41, 5.74) is 2.32. The zero-order valence-corrected chi connectivity index (χ0v) is 13.2. The molecule has 1 saturated heterocycles. The third-order valence-electron chi connectivity index (χ3n) is 4.08. The molecule has 20 heavy (non-hydrogen) atoms. The molecule has 0 N–H and O–H groups in total. The maximum atomic E-state index is 11.7. The normalized spacial score (nSPS) is 16.3. The number of aryl methyl sites for hydroxylation is 1. The minimum absolute atomic E-state index is 0.258. The van der Waals surface area contributed by atoms with Crippen LogP contribution < -0.4 is 4.74 Å². The van der Waals surface area contributed by atoms with Crippen LogP contribution in [0.1, 0.15) is 43.2 Å². The van der Waals surface area contributed by atoms with Crippen LogP contribution in [0.3, 0.4) is 0 Å². The summed E-state index contributed by atoms with van der Waals surface area (Å²) in [7, 11) is 1.65. The Morgan fingerprint density at radius 1 is 1.40 bits per heavy atom. The molecule has 1 aliphatic heterocycles. The van der Waals surface area contributed by atoms with Gasteiger partial charge >= 0.3 is 0 Å². The number of halogens is 1. The smallest absolute Gasteiger partial charge is 0.222 e. The highest BCUT2D eigenvalue weighted by atomic mass is 35.5. The highest BCUT2D eigenvalue weighted by Crippen LogP contribution is 2.35. The van der Waals surface area contributed by atoms with Crippen LogP contribution in [0.4, 0.5) is 0 Å². The van der Waals surface area contributed by atoms with Crippen LogP contribution in [0.2, 0.25) is 5.02 Å². The number of hydrogen-bond acceptors (Lipinski definition) is 2. The maximum Gasteiger partial charge on any atom is 0.222 e. The third kappa shape index (κ3) is 3.09. The zero-order valence-electron chi connectivity index (χ0n) is 12.4. The number of carbonyl (C=O) groups excluding carboxylic acids is 1. The fourth-order valence-corrected chi connectivity index (χ4v) is 3.02. The lowest BCUT2D eigenvalue weighted by molar-refractivity contribution is -0.131. The molecule has 2 rings (SSSR count). The number of rotatable bonds is 3. The molecular weight excluding hydrogens is 274 g/mol. The lowest BCUT2D eigenvalue weighted by Gasteiger charge is -2.32. The number of carbonyl (C=O) groups is 1. The van der Waals surface area contributed by atoms with Crippen molar-refractivity contribution in [1.82, 2.24) is 4.90 Å². The maximum absolute atomic E-state index is 11.7. The molecule has 1 aromatic carbocycles. The molecule has 1 aromatic rings. The SMILES string of the molecule is CCC(=O)N1CCC(c2cc(C)c(Cl)c(OC)c2)CC1. The molecule has 0 bridgehead atoms. The minimum Gasteiger partial charge on any atom is -0.495 e. The van der Waals surface area contributed by atoms with E-state index in [1.807, 2.05) is 24.8 Å². The number of nitrogens with zero attached hydrogens (tertiary/aromatic N) is 1. The fourth-order valence-electron chi connectivity index (χ4n) is 2.83. The molecular formula is C16H22ClNO2. The van der Waals surface area contributed by atoms with Crippen LogP contribution in [0, 0.1) is 6.92 Å². The molecule has 1 fully saturated rings. The second kappa shape index (κ2) is 6.49. The standard InChI is InChI=1S/C16H22ClNO2/c1-4-15(19)18-7-5-12(6-8-18)13-9-11(2)16(17)14(10-13)20-3/h9-10,12H,4-8H2,1-3H3. The number of benzene rings is 1. The van der Waals surface area contributed by atoms with Gasteiger partial charge in [-0.25, -0.2) is 0 Å². The van der Waals surface area contributed by atoms with Gasteiger partial charge in [-0.15, -0.1) is 0 Å². The lowest BCUT2D eigenvalue weighted by Crippen LogP contribution is -2.37. The van der Waals surface area contributed by atoms with Crippen molar-refractivity contribution in [2.75, 3.05) is 20.2 Å². The third-order valence-corrected chi connectivity index (χ3v) is 4.57. The quantitative estimate of drug-likeness (QED) is 0.849. The number of hydrogen-bond donors (Lipinski definition) is 0. The van der Waals surface area contributed by atoms with Crippen LogP contribution in [0.25, 0.3) is 0 Å². The predicted octanol–water partition coefficient (Wildman–Crippen LogP) is 3.77. The summed E-state index contributed by atoms with van der Waals surface area (Å²) in [6, 6.07) is 4.18. The van der Waals surface area contributed by atoms with Crippen LogP contribution in [0.15, 0.2) is 12.1 Å². The van der Waals surface area contributed by atoms with Gasteiger partial charge in [0.2, 0.25) is 5.91 Å². The van der Waals surface area contributed by atoms with Gasteiger partial charge < -0.3 is 9.64 Å². The van der Waals surface area contributed by atoms with Gasteiger partial charge in [0, 0.05) is 19.5 Å². The van der Waals surface area contributed by atoms with Crippen LogP contribution in [-0.4, -0.2) is 31.0 Å². The number of likely N-dealkylation sites (tertiary alicyclic amines) is 1. The number of methoxy groups -OCH3 is 1. The Bertz CT molecular complexity index is 493. The summed E-state index contributed by atoms with van der Waals surface area (Å²) in [5, 5.41) is 0.690. The first kappa shape index (κ1) is 15.2. The van der Waals surface area contributed by atoms with E-state index >= 15 is 0 Å². The highest BCUT2D eigenvalue weighted by Gasteiger charge is 2.24. The van der Waals surface area contributed by atoms with Crippen molar-refractivity contribution in [2.24, 2.45) is 0 Å². The summed E-state index contributed by atoms with van der Waals surface area (Å²) in [5.74, 6) is 1.49. The minimum atomic E-state index is 0.258. The van der Waals surface area contributed by atoms with Crippen LogP contribution in [0.5, 0.6) is 5.75 Å². The monoisotopic (exact) mass is 295 g/mol. The predicted molar refractivity (Wildman–Crippen MR) is 81.6 cm³/mol. The van der Waals surface area contributed by atoms with Crippen LogP contribution >= 0.6 is 11.6 Å². The van der Waals surface area contributed by atoms with E-state index in [1.54, 1.807) is 7.11 Å². The Balaban J connectivity index is 2.11. The molecule has 0 saturated carbocycles. The van der Waals surface area contributed by atoms with Gasteiger partial charge in [-0.3, -0.25) is 4.79 Å². The molecule has 1 aliphatic rings. The van der Waals surface area contributed by atoms with Gasteiger partial charge in [0.25, 0.3) is 0 Å². The molecule has 1 heterocycles. The van der Waals surface area contributed by atoms with Crippen molar-refractivity contribution in [3.8, 4) is 5.75 Å². The number of amides is 1. The van der Waals surface area contributed by atoms with Crippen molar-refractivity contribution in [3.05, 3.63) is 28.3 Å². The molecule has 4 heteroatoms. The molecule has 0 unspecified atom stereocenters. The Morgan fingerprint density at radius 3 is 2.60 bits per heavy atom. The van der Waals surface area contributed by atoms with Crippen molar-refractivity contribution in [1.29, 1.82) is 0 Å². The van der Waals surface area contributed by atoms with Gasteiger partial charge in [-0.1, -0.05) is 24.6 Å². The van der Waals surface area contributed by atoms with Crippen molar-refractivity contribution >= 4 is 17.5 Å². The van der Waals surface area contributed by atoms with E-state index in [-0.39, 0.29) is 5.91 Å². The van der Waals surface area contributed by atoms with E-state index in [1.165, 1.54) is 5.56 Å². The first-order chi connectivity index (χ1) is 9.56. The van der Waals surface area contributed by atoms with Crippen molar-refractivity contribution in [2.45, 2.75) is 39.0 Å². The van der Waals surface area contributed by atoms with Gasteiger partial charge in [-0.2, -0.15) is 0 Å². The van der Waals surface area contributed by atoms with E-state index in [4.69, 9.17) is 16.3 Å². The van der Waals surface area contributed by atoms with E-state index in [0.717, 1.165) is 37.2 Å². The van der Waals surface area contributed by atoms with Gasteiger partial charge in [0.1, 0.15) is 5.75 Å². The molecule has 0 atom stereocenters. The van der Waals surface area contributed by atoms with Gasteiger partial charge in [0.05, 0.1) is 12.1 Å². The molecule has 0 radical (unpaired) electrons. The van der Waals surface area contributed by atoms with E-state index in [0.29, 0.717) is 17.4 Å².